The first-order chi connectivity index (χ1) is 6.31. The topological polar surface area (TPSA) is 49.4 Å². The number of likely N-dealkylation sites (N-methyl/N-ethyl adjacent to an activating group) is 2. The van der Waals surface area contributed by atoms with Crippen LogP contribution in [0.15, 0.2) is 0 Å². The first-order valence-corrected chi connectivity index (χ1v) is 4.63. The van der Waals surface area contributed by atoms with Crippen molar-refractivity contribution in [2.45, 2.75) is 26.8 Å². The van der Waals surface area contributed by atoms with Gasteiger partial charge in [-0.1, -0.05) is 0 Å². The van der Waals surface area contributed by atoms with Gasteiger partial charge in [0.1, 0.15) is 11.6 Å². The number of hydrogen-bond acceptors (Lipinski definition) is 4. The van der Waals surface area contributed by atoms with Gasteiger partial charge in [-0.2, -0.15) is 0 Å². The predicted octanol–water partition coefficient (Wildman–Crippen LogP) is 0.320. The smallest absolute Gasteiger partial charge is 0.146 e. The van der Waals surface area contributed by atoms with Crippen molar-refractivity contribution in [2.24, 2.45) is 0 Å². The van der Waals surface area contributed by atoms with Gasteiger partial charge in [0, 0.05) is 0 Å². The molecule has 0 radical (unpaired) electrons. The minimum Gasteiger partial charge on any atom is -0.311 e. The van der Waals surface area contributed by atoms with E-state index in [0.717, 1.165) is 0 Å². The quantitative estimate of drug-likeness (QED) is 0.713. The van der Waals surface area contributed by atoms with Crippen molar-refractivity contribution in [3.05, 3.63) is 0 Å². The van der Waals surface area contributed by atoms with Gasteiger partial charge in [0.25, 0.3) is 0 Å². The number of carbonyl (C=O) groups is 2. The summed E-state index contributed by atoms with van der Waals surface area (Å²) in [7, 11) is 5.52. The molecule has 0 aliphatic rings. The summed E-state index contributed by atoms with van der Waals surface area (Å²) in [6, 6.07) is 0.0139. The van der Waals surface area contributed by atoms with Crippen molar-refractivity contribution < 1.29 is 9.59 Å². The van der Waals surface area contributed by atoms with E-state index in [0.29, 0.717) is 6.54 Å². The molecule has 0 amide bonds. The maximum Gasteiger partial charge on any atom is 0.146 e. The van der Waals surface area contributed by atoms with Crippen LogP contribution < -0.4 is 5.32 Å². The fraction of sp³-hybridized carbons (Fsp3) is 0.800. The summed E-state index contributed by atoms with van der Waals surface area (Å²) < 4.78 is 0. The second-order valence-electron chi connectivity index (χ2n) is 3.56. The van der Waals surface area contributed by atoms with Gasteiger partial charge in [0.05, 0.1) is 12.6 Å². The summed E-state index contributed by atoms with van der Waals surface area (Å²) in [5.41, 5.74) is 0. The van der Waals surface area contributed by atoms with Crippen molar-refractivity contribution in [3.63, 3.8) is 0 Å². The maximum absolute atomic E-state index is 10.3. The van der Waals surface area contributed by atoms with E-state index >= 15 is 0 Å². The van der Waals surface area contributed by atoms with Crippen LogP contribution in [0.2, 0.25) is 0 Å². The monoisotopic (exact) mass is 202 g/mol. The van der Waals surface area contributed by atoms with Crippen molar-refractivity contribution >= 4 is 11.6 Å². The molecule has 4 heteroatoms. The molecule has 0 saturated heterocycles. The molecule has 0 aliphatic carbocycles. The molecule has 1 N–H and O–H groups in total. The molecule has 4 nitrogen and oxygen atoms in total. The molecule has 0 bridgehead atoms. The Morgan fingerprint density at radius 1 is 1.29 bits per heavy atom. The van der Waals surface area contributed by atoms with Gasteiger partial charge in [-0.15, -0.1) is 0 Å². The van der Waals surface area contributed by atoms with Crippen LogP contribution >= 0.6 is 0 Å². The molecule has 0 heterocycles. The van der Waals surface area contributed by atoms with Crippen LogP contribution in [0.4, 0.5) is 0 Å². The lowest BCUT2D eigenvalue weighted by atomic mass is 10.2. The highest BCUT2D eigenvalue weighted by Crippen LogP contribution is 1.77. The molecule has 1 atom stereocenters. The zero-order valence-corrected chi connectivity index (χ0v) is 10.0. The Kier molecular flexibility index (Phi) is 9.93. The molecule has 0 fully saturated rings. The summed E-state index contributed by atoms with van der Waals surface area (Å²) in [5.74, 6) is 0.396. The van der Waals surface area contributed by atoms with Crippen molar-refractivity contribution in [3.8, 4) is 0 Å². The van der Waals surface area contributed by atoms with Crippen LogP contribution in [0.5, 0.6) is 0 Å². The summed E-state index contributed by atoms with van der Waals surface area (Å²) >= 11 is 0. The maximum atomic E-state index is 10.3. The minimum absolute atomic E-state index is 0.0139. The summed E-state index contributed by atoms with van der Waals surface area (Å²) in [5, 5.41) is 2.81. The lowest BCUT2D eigenvalue weighted by molar-refractivity contribution is -0.118. The molecule has 0 aromatic rings. The van der Waals surface area contributed by atoms with Crippen LogP contribution in [0.1, 0.15) is 20.8 Å². The number of rotatable bonds is 4. The van der Waals surface area contributed by atoms with E-state index in [9.17, 15) is 9.59 Å². The first-order valence-electron chi connectivity index (χ1n) is 4.63. The average Bonchev–Trinajstić information content (AvgIpc) is 2.01. The Bertz CT molecular complexity index is 179. The molecule has 0 rings (SSSR count). The number of Topliss-reactive ketones (excluding diaryl/α,β-unsaturated/α-hetero) is 2. The Morgan fingerprint density at radius 3 is 1.71 bits per heavy atom. The van der Waals surface area contributed by atoms with Crippen LogP contribution in [0.3, 0.4) is 0 Å². The first kappa shape index (κ1) is 15.7. The number of nitrogens with zero attached hydrogens (tertiary/aromatic N) is 1. The van der Waals surface area contributed by atoms with Gasteiger partial charge in [-0.25, -0.2) is 0 Å². The summed E-state index contributed by atoms with van der Waals surface area (Å²) in [6.07, 6.45) is 0. The molecule has 0 spiro atoms. The van der Waals surface area contributed by atoms with Crippen LogP contribution in [-0.4, -0.2) is 50.2 Å². The molecule has 84 valence electrons. The third-order valence-electron chi connectivity index (χ3n) is 1.58. The Balaban J connectivity index is 0. The average molecular weight is 202 g/mol. The Hall–Kier alpha value is -0.740. The zero-order valence-electron chi connectivity index (χ0n) is 10.0. The van der Waals surface area contributed by atoms with Gasteiger partial charge in [0.2, 0.25) is 0 Å². The third-order valence-corrected chi connectivity index (χ3v) is 1.58. The van der Waals surface area contributed by atoms with E-state index in [1.807, 2.05) is 25.9 Å². The van der Waals surface area contributed by atoms with E-state index in [4.69, 9.17) is 0 Å². The number of ketones is 2. The van der Waals surface area contributed by atoms with E-state index in [-0.39, 0.29) is 17.6 Å². The predicted molar refractivity (Wildman–Crippen MR) is 58.4 cm³/mol. The van der Waals surface area contributed by atoms with Crippen molar-refractivity contribution in [1.29, 1.82) is 0 Å². The molecule has 14 heavy (non-hydrogen) atoms. The second kappa shape index (κ2) is 8.84. The van der Waals surface area contributed by atoms with Gasteiger partial charge < -0.3 is 10.2 Å². The van der Waals surface area contributed by atoms with Crippen LogP contribution in [0.25, 0.3) is 0 Å². The SMILES string of the molecule is CC(=O)CN(C)C.CN[C@@H](C)C(C)=O. The highest BCUT2D eigenvalue weighted by molar-refractivity contribution is 5.80. The normalized spacial score (nSPS) is 11.6. The van der Waals surface area contributed by atoms with Crippen molar-refractivity contribution in [2.75, 3.05) is 27.7 Å². The van der Waals surface area contributed by atoms with Gasteiger partial charge in [-0.3, -0.25) is 9.59 Å². The summed E-state index contributed by atoms with van der Waals surface area (Å²) in [6.45, 7) is 5.55. The molecular weight excluding hydrogens is 180 g/mol. The Morgan fingerprint density at radius 2 is 1.71 bits per heavy atom. The number of hydrogen-bond donors (Lipinski definition) is 1. The molecule has 0 saturated carbocycles. The fourth-order valence-electron chi connectivity index (χ4n) is 0.649. The standard InChI is InChI=1S/2C5H11NO/c1-5(7)4-6(2)3;1-4(6-3)5(2)7/h4H2,1-3H3;4,6H,1-3H3/t;4-/m.0/s1. The highest BCUT2D eigenvalue weighted by Gasteiger charge is 2.00. The molecule has 0 aromatic heterocycles. The largest absolute Gasteiger partial charge is 0.311 e. The molecule has 0 aliphatic heterocycles. The van der Waals surface area contributed by atoms with Crippen LogP contribution in [-0.2, 0) is 9.59 Å². The van der Waals surface area contributed by atoms with Crippen molar-refractivity contribution in [1.82, 2.24) is 10.2 Å². The molecule has 0 unspecified atom stereocenters. The van der Waals surface area contributed by atoms with E-state index < -0.39 is 0 Å². The van der Waals surface area contributed by atoms with E-state index in [1.165, 1.54) is 0 Å². The molecular formula is C10H22N2O2. The lowest BCUT2D eigenvalue weighted by Gasteiger charge is -2.03. The van der Waals surface area contributed by atoms with E-state index in [2.05, 4.69) is 5.32 Å². The molecule has 0 aromatic carbocycles. The highest BCUT2D eigenvalue weighted by atomic mass is 16.1. The summed E-state index contributed by atoms with van der Waals surface area (Å²) in [4.78, 5) is 22.4. The van der Waals surface area contributed by atoms with Gasteiger partial charge in [-0.05, 0) is 41.9 Å². The number of carbonyl (C=O) groups excluding carboxylic acids is 2. The van der Waals surface area contributed by atoms with Gasteiger partial charge in [0.15, 0.2) is 0 Å². The Labute approximate surface area is 86.7 Å². The lowest BCUT2D eigenvalue weighted by Crippen LogP contribution is -2.28. The van der Waals surface area contributed by atoms with E-state index in [1.54, 1.807) is 20.9 Å². The second-order valence-corrected chi connectivity index (χ2v) is 3.56. The zero-order chi connectivity index (χ0) is 11.7. The van der Waals surface area contributed by atoms with Crippen LogP contribution in [0, 0.1) is 0 Å². The third kappa shape index (κ3) is 13.8. The minimum atomic E-state index is 0.0139. The number of nitrogens with one attached hydrogen (secondary N) is 1. The fourth-order valence-corrected chi connectivity index (χ4v) is 0.649. The van der Waals surface area contributed by atoms with Gasteiger partial charge >= 0.3 is 0 Å².